The molecule has 0 bridgehead atoms. The number of thiazole rings is 1. The maximum atomic E-state index is 10.4. The molecule has 0 saturated carbocycles. The van der Waals surface area contributed by atoms with Gasteiger partial charge in [0.25, 0.3) is 10.0 Å². The van der Waals surface area contributed by atoms with Gasteiger partial charge < -0.3 is 0 Å². The second-order valence-corrected chi connectivity index (χ2v) is 5.58. The number of hydrogen-bond donors (Lipinski definition) is 1. The molecule has 0 amide bonds. The molecule has 0 fully saturated rings. The number of hydrogen-bond acceptors (Lipinski definition) is 5. The van der Waals surface area contributed by atoms with Gasteiger partial charge in [0, 0.05) is 11.6 Å². The van der Waals surface area contributed by atoms with Crippen LogP contribution in [-0.2, 0) is 10.0 Å². The molecule has 0 atom stereocenters. The van der Waals surface area contributed by atoms with Crippen molar-refractivity contribution in [3.8, 4) is 0 Å². The highest BCUT2D eigenvalue weighted by Gasteiger charge is 2.08. The fourth-order valence-electron chi connectivity index (χ4n) is 0.578. The van der Waals surface area contributed by atoms with E-state index >= 15 is 0 Å². The van der Waals surface area contributed by atoms with Crippen LogP contribution >= 0.6 is 22.7 Å². The minimum atomic E-state index is -3.55. The SMILES string of the molecule is NS(=O)(=O)c1nccs1.c1ccsc1. The summed E-state index contributed by atoms with van der Waals surface area (Å²) in [6.45, 7) is 0. The zero-order valence-corrected chi connectivity index (χ0v) is 9.48. The Kier molecular flexibility index (Phi) is 4.21. The van der Waals surface area contributed by atoms with E-state index in [1.807, 2.05) is 22.9 Å². The normalized spacial score (nSPS) is 10.4. The van der Waals surface area contributed by atoms with E-state index in [0.717, 1.165) is 11.3 Å². The molecule has 2 heterocycles. The maximum absolute atomic E-state index is 10.4. The summed E-state index contributed by atoms with van der Waals surface area (Å²) >= 11 is 2.72. The highest BCUT2D eigenvalue weighted by atomic mass is 32.2. The first-order chi connectivity index (χ1) is 6.61. The van der Waals surface area contributed by atoms with Gasteiger partial charge in [-0.1, -0.05) is 12.1 Å². The van der Waals surface area contributed by atoms with Gasteiger partial charge >= 0.3 is 0 Å². The highest BCUT2D eigenvalue weighted by molar-refractivity contribution is 7.91. The van der Waals surface area contributed by atoms with Crippen molar-refractivity contribution < 1.29 is 8.42 Å². The van der Waals surface area contributed by atoms with Gasteiger partial charge in [-0.15, -0.1) is 11.3 Å². The van der Waals surface area contributed by atoms with E-state index in [1.54, 1.807) is 16.7 Å². The molecular formula is C7H8N2O2S3. The van der Waals surface area contributed by atoms with Crippen LogP contribution in [0.1, 0.15) is 0 Å². The summed E-state index contributed by atoms with van der Waals surface area (Å²) in [4.78, 5) is 3.49. The van der Waals surface area contributed by atoms with Crippen LogP contribution in [-0.4, -0.2) is 13.4 Å². The monoisotopic (exact) mass is 248 g/mol. The summed E-state index contributed by atoms with van der Waals surface area (Å²) in [5, 5.41) is 10.4. The van der Waals surface area contributed by atoms with E-state index in [1.165, 1.54) is 6.20 Å². The molecule has 0 radical (unpaired) electrons. The number of thiophene rings is 1. The Balaban J connectivity index is 0.000000165. The van der Waals surface area contributed by atoms with Gasteiger partial charge in [0.15, 0.2) is 0 Å². The molecule has 0 aliphatic heterocycles. The number of sulfonamides is 1. The average molecular weight is 248 g/mol. The molecule has 0 aliphatic rings. The molecule has 2 rings (SSSR count). The largest absolute Gasteiger partial charge is 0.265 e. The summed E-state index contributed by atoms with van der Waals surface area (Å²) in [7, 11) is -3.55. The van der Waals surface area contributed by atoms with Crippen LogP contribution in [0.2, 0.25) is 0 Å². The zero-order valence-electron chi connectivity index (χ0n) is 7.03. The molecule has 2 aromatic heterocycles. The predicted octanol–water partition coefficient (Wildman–Crippen LogP) is 1.54. The summed E-state index contributed by atoms with van der Waals surface area (Å²) in [6.07, 6.45) is 1.39. The third kappa shape index (κ3) is 3.97. The Morgan fingerprint density at radius 2 is 1.86 bits per heavy atom. The van der Waals surface area contributed by atoms with Gasteiger partial charge in [-0.05, 0) is 10.8 Å². The summed E-state index contributed by atoms with van der Waals surface area (Å²) in [5.74, 6) is 0. The minimum absolute atomic E-state index is 0.0394. The van der Waals surface area contributed by atoms with Crippen molar-refractivity contribution in [1.82, 2.24) is 4.98 Å². The molecule has 7 heteroatoms. The lowest BCUT2D eigenvalue weighted by Gasteiger charge is -1.84. The maximum Gasteiger partial charge on any atom is 0.265 e. The van der Waals surface area contributed by atoms with Gasteiger partial charge in [0.05, 0.1) is 0 Å². The first-order valence-corrected chi connectivity index (χ1v) is 6.87. The molecule has 2 aromatic rings. The minimum Gasteiger partial charge on any atom is -0.233 e. The van der Waals surface area contributed by atoms with Gasteiger partial charge in [0.2, 0.25) is 4.34 Å². The third-order valence-electron chi connectivity index (χ3n) is 1.08. The highest BCUT2D eigenvalue weighted by Crippen LogP contribution is 2.07. The van der Waals surface area contributed by atoms with E-state index in [4.69, 9.17) is 5.14 Å². The van der Waals surface area contributed by atoms with E-state index in [-0.39, 0.29) is 4.34 Å². The quantitative estimate of drug-likeness (QED) is 0.832. The summed E-state index contributed by atoms with van der Waals surface area (Å²) < 4.78 is 20.8. The molecule has 4 nitrogen and oxygen atoms in total. The number of aromatic nitrogens is 1. The van der Waals surface area contributed by atoms with Crippen LogP contribution in [0.3, 0.4) is 0 Å². The standard InChI is InChI=1S/C4H4S.C3H4N2O2S2/c1-2-4-5-3-1;4-9(6,7)3-5-1-2-8-3/h1-4H;1-2H,(H2,4,6,7). The Morgan fingerprint density at radius 1 is 1.21 bits per heavy atom. The fourth-order valence-corrected chi connectivity index (χ4v) is 2.30. The lowest BCUT2D eigenvalue weighted by Crippen LogP contribution is -2.11. The van der Waals surface area contributed by atoms with E-state index in [0.29, 0.717) is 0 Å². The Hall–Kier alpha value is -0.760. The number of primary sulfonamides is 1. The molecule has 0 saturated heterocycles. The third-order valence-corrected chi connectivity index (χ3v) is 3.85. The van der Waals surface area contributed by atoms with Crippen LogP contribution < -0.4 is 5.14 Å². The van der Waals surface area contributed by atoms with Crippen molar-refractivity contribution in [2.24, 2.45) is 5.14 Å². The van der Waals surface area contributed by atoms with Crippen LogP contribution in [0, 0.1) is 0 Å². The van der Waals surface area contributed by atoms with E-state index in [9.17, 15) is 8.42 Å². The average Bonchev–Trinajstić information content (AvgIpc) is 2.80. The molecule has 0 aromatic carbocycles. The first-order valence-electron chi connectivity index (χ1n) is 3.50. The second-order valence-electron chi connectivity index (χ2n) is 2.14. The lowest BCUT2D eigenvalue weighted by molar-refractivity contribution is 0.597. The summed E-state index contributed by atoms with van der Waals surface area (Å²) in [6, 6.07) is 4.04. The van der Waals surface area contributed by atoms with Crippen LogP contribution in [0.25, 0.3) is 0 Å². The van der Waals surface area contributed by atoms with Crippen molar-refractivity contribution in [2.45, 2.75) is 4.34 Å². The smallest absolute Gasteiger partial charge is 0.233 e. The second kappa shape index (κ2) is 5.20. The Labute approximate surface area is 90.1 Å². The van der Waals surface area contributed by atoms with Crippen molar-refractivity contribution in [2.75, 3.05) is 0 Å². The molecule has 14 heavy (non-hydrogen) atoms. The van der Waals surface area contributed by atoms with E-state index in [2.05, 4.69) is 4.98 Å². The van der Waals surface area contributed by atoms with Crippen LogP contribution in [0.4, 0.5) is 0 Å². The van der Waals surface area contributed by atoms with Crippen LogP contribution in [0.15, 0.2) is 38.8 Å². The predicted molar refractivity (Wildman–Crippen MR) is 57.8 cm³/mol. The van der Waals surface area contributed by atoms with Crippen molar-refractivity contribution >= 4 is 32.7 Å². The topological polar surface area (TPSA) is 73.1 Å². The van der Waals surface area contributed by atoms with Crippen molar-refractivity contribution in [3.05, 3.63) is 34.5 Å². The van der Waals surface area contributed by atoms with Gasteiger partial charge in [0.1, 0.15) is 0 Å². The number of rotatable bonds is 1. The van der Waals surface area contributed by atoms with Gasteiger partial charge in [-0.25, -0.2) is 18.5 Å². The molecule has 0 unspecified atom stereocenters. The number of nitrogens with zero attached hydrogens (tertiary/aromatic N) is 1. The first kappa shape index (κ1) is 11.3. The molecule has 0 aliphatic carbocycles. The van der Waals surface area contributed by atoms with Gasteiger partial charge in [-0.3, -0.25) is 0 Å². The van der Waals surface area contributed by atoms with Crippen LogP contribution in [0.5, 0.6) is 0 Å². The van der Waals surface area contributed by atoms with Crippen molar-refractivity contribution in [1.29, 1.82) is 0 Å². The van der Waals surface area contributed by atoms with Gasteiger partial charge in [-0.2, -0.15) is 11.3 Å². The van der Waals surface area contributed by atoms with Crippen molar-refractivity contribution in [3.63, 3.8) is 0 Å². The molecule has 76 valence electrons. The Morgan fingerprint density at radius 3 is 2.07 bits per heavy atom. The molecule has 0 spiro atoms. The Bertz CT molecular complexity index is 416. The number of nitrogens with two attached hydrogens (primary N) is 1. The summed E-state index contributed by atoms with van der Waals surface area (Å²) in [5.41, 5.74) is 0. The lowest BCUT2D eigenvalue weighted by atomic mass is 10.7. The molecular weight excluding hydrogens is 240 g/mol. The zero-order chi connectivity index (χ0) is 10.4. The fraction of sp³-hybridized carbons (Fsp3) is 0. The van der Waals surface area contributed by atoms with E-state index < -0.39 is 10.0 Å². The molecule has 2 N–H and O–H groups in total.